The van der Waals surface area contributed by atoms with E-state index in [1.807, 2.05) is 0 Å². The van der Waals surface area contributed by atoms with Gasteiger partial charge in [-0.3, -0.25) is 20.7 Å². The van der Waals surface area contributed by atoms with Crippen molar-refractivity contribution >= 4 is 227 Å². The van der Waals surface area contributed by atoms with Crippen LogP contribution in [-0.4, -0.2) is 238 Å². The lowest BCUT2D eigenvalue weighted by atomic mass is 8.33. The minimum atomic E-state index is -0.994. The Kier molecular flexibility index (Phi) is 26.1. The first-order valence-corrected chi connectivity index (χ1v) is 16.9. The fraction of sp³-hybridized carbons (Fsp3) is 0.222. The molecule has 0 saturated heterocycles. The second kappa shape index (κ2) is 27.3. The summed E-state index contributed by atoms with van der Waals surface area (Å²) in [7, 11) is 89.9. The third-order valence-electron chi connectivity index (χ3n) is 8.57. The van der Waals surface area contributed by atoms with Crippen molar-refractivity contribution in [3.63, 3.8) is 0 Å². The van der Waals surface area contributed by atoms with Crippen molar-refractivity contribution in [3.8, 4) is 11.5 Å². The molecule has 0 unspecified atom stereocenters. The number of benzene rings is 2. The number of methoxy groups -OCH3 is 4. The van der Waals surface area contributed by atoms with Crippen LogP contribution in [0.4, 0.5) is 32.3 Å². The van der Waals surface area contributed by atoms with Crippen molar-refractivity contribution in [1.82, 2.24) is 0 Å². The quantitative estimate of drug-likeness (QED) is 0.0626. The fourth-order valence-electron chi connectivity index (χ4n) is 6.03. The lowest BCUT2D eigenvalue weighted by Crippen LogP contribution is -2.86. The summed E-state index contributed by atoms with van der Waals surface area (Å²) in [6, 6.07) is 8.80. The van der Waals surface area contributed by atoms with Crippen LogP contribution in [0.25, 0.3) is 0 Å². The van der Waals surface area contributed by atoms with Crippen molar-refractivity contribution < 1.29 is 33.5 Å². The van der Waals surface area contributed by atoms with E-state index in [-0.39, 0.29) is 11.4 Å². The maximum atomic E-state index is 11.0. The van der Waals surface area contributed by atoms with Crippen molar-refractivity contribution in [3.05, 3.63) is 46.5 Å². The molecular formula is C18H22B27N4O8. The number of rotatable bonds is 17. The van der Waals surface area contributed by atoms with E-state index in [1.54, 1.807) is 18.2 Å². The van der Waals surface area contributed by atoms with Gasteiger partial charge in [0.05, 0.1) is 44.7 Å². The lowest BCUT2D eigenvalue weighted by Gasteiger charge is -2.48. The van der Waals surface area contributed by atoms with E-state index in [0.717, 1.165) is 0 Å². The van der Waals surface area contributed by atoms with E-state index in [1.165, 1.54) is 53.7 Å². The third-order valence-corrected chi connectivity index (χ3v) is 8.57. The molecule has 0 aliphatic heterocycles. The zero-order valence-corrected chi connectivity index (χ0v) is 32.3. The normalized spacial score (nSPS) is 9.33. The minimum absolute atomic E-state index is 0.146. The number of nitro benzene ring substituents is 1. The highest BCUT2D eigenvalue weighted by Crippen LogP contribution is 2.29. The third kappa shape index (κ3) is 17.7. The molecule has 0 saturated carbocycles. The van der Waals surface area contributed by atoms with Gasteiger partial charge in [0.15, 0.2) is 0 Å². The van der Waals surface area contributed by atoms with Crippen LogP contribution in [-0.2, 0) is 9.47 Å². The lowest BCUT2D eigenvalue weighted by molar-refractivity contribution is -0.384. The average Bonchev–Trinajstić information content (AvgIpc) is 3.12. The summed E-state index contributed by atoms with van der Waals surface area (Å²) in [6.45, 7) is 0. The fourth-order valence-corrected chi connectivity index (χ4v) is 6.03. The summed E-state index contributed by atoms with van der Waals surface area (Å²) < 4.78 is 18.8. The molecule has 2 aromatic rings. The number of amides is 2. The topological polar surface area (TPSA) is 164 Å². The van der Waals surface area contributed by atoms with Crippen LogP contribution in [0.1, 0.15) is 0 Å². The summed E-state index contributed by atoms with van der Waals surface area (Å²) in [5.74, 6) is 0.848. The molecule has 0 heterocycles. The monoisotopic (exact) mass is 719 g/mol. The molecule has 243 valence electrons. The van der Waals surface area contributed by atoms with Crippen molar-refractivity contribution in [2.24, 2.45) is 0 Å². The van der Waals surface area contributed by atoms with Gasteiger partial charge in [0.1, 0.15) is 11.5 Å². The Morgan fingerprint density at radius 3 is 1.28 bits per heavy atom. The number of hydrogen-bond donors (Lipinski definition) is 3. The number of hydrogen-bond acceptors (Lipinski definition) is 9. The van der Waals surface area contributed by atoms with Crippen molar-refractivity contribution in [1.29, 1.82) is 0 Å². The number of carbonyl (C=O) groups is 2. The van der Waals surface area contributed by atoms with Crippen LogP contribution in [0, 0.1) is 10.1 Å². The molecule has 0 atom stereocenters. The summed E-state index contributed by atoms with van der Waals surface area (Å²) in [5.41, 5.74) is 6.61. The van der Waals surface area contributed by atoms with Crippen LogP contribution < -0.4 is 25.8 Å². The first-order valence-electron chi connectivity index (χ1n) is 16.9. The van der Waals surface area contributed by atoms with Crippen LogP contribution in [0.3, 0.4) is 0 Å². The Morgan fingerprint density at radius 1 is 0.614 bits per heavy atom. The van der Waals surface area contributed by atoms with E-state index in [0.29, 0.717) is 22.9 Å². The van der Waals surface area contributed by atoms with E-state index >= 15 is 0 Å². The van der Waals surface area contributed by atoms with Gasteiger partial charge in [0.2, 0.25) is 0 Å². The number of nitrogens with two attached hydrogens (primary N) is 1. The number of non-ortho nitro benzene ring substituents is 1. The molecule has 12 nitrogen and oxygen atoms in total. The number of ether oxygens (including phenoxy) is 4. The first-order chi connectivity index (χ1) is 26.5. The van der Waals surface area contributed by atoms with Crippen molar-refractivity contribution in [2.75, 3.05) is 44.8 Å². The summed E-state index contributed by atoms with van der Waals surface area (Å²) >= 11 is 0. The number of nitro groups is 1. The SMILES string of the molecule is COC(=O)Nc1cc(N)ccc1OC.COC(=O)Nc1cc([N+](=O)[O-])ccc1OC.[B][B]B([B])B(B(B([B])[B])B([B])[B])B(B(B([B])[B])B([B])[B])B(B([B])[B])B([B])[B]. The van der Waals surface area contributed by atoms with Gasteiger partial charge >= 0.3 is 12.2 Å². The molecule has 0 spiro atoms. The molecule has 0 fully saturated rings. The van der Waals surface area contributed by atoms with Crippen LogP contribution in [0.15, 0.2) is 36.4 Å². The molecule has 0 aromatic heterocycles. The predicted molar refractivity (Wildman–Crippen MR) is 264 cm³/mol. The van der Waals surface area contributed by atoms with Gasteiger partial charge < -0.3 is 24.7 Å². The molecule has 0 aliphatic carbocycles. The molecule has 2 rings (SSSR count). The summed E-state index contributed by atoms with van der Waals surface area (Å²) in [4.78, 5) is 31.9. The Bertz CT molecular complexity index is 1490. The maximum absolute atomic E-state index is 11.0. The number of nitrogens with zero attached hydrogens (tertiary/aromatic N) is 1. The van der Waals surface area contributed by atoms with Gasteiger partial charge in [0, 0.05) is 210 Å². The standard InChI is InChI=1S/C9H10N2O5.C9H12N2O3.B27/c1-15-8-4-3-6(11(13)14)5-7(8)10-9(12)16-2;1-13-8-4-3-6(10)5-7(8)11-9(12)14-2;1-15-22(14)26(23(16(2)3)17(4)5)27(24(18(6)7)19(8)9)25(20(10)11)21(12)13/h3-5H,1-2H3,(H,10,12);3-5H,10H2,1-2H3,(H,11,12);. The highest BCUT2D eigenvalue weighted by molar-refractivity contribution is 8.25. The van der Waals surface area contributed by atoms with Crippen LogP contribution in [0.2, 0.25) is 0 Å². The largest absolute Gasteiger partial charge is 0.495 e. The molecule has 4 N–H and O–H groups in total. The molecule has 0 bridgehead atoms. The van der Waals surface area contributed by atoms with Gasteiger partial charge in [-0.05, 0) is 24.3 Å². The zero-order chi connectivity index (χ0) is 44.3. The van der Waals surface area contributed by atoms with Gasteiger partial charge in [-0.25, -0.2) is 9.59 Å². The zero-order valence-electron chi connectivity index (χ0n) is 32.3. The van der Waals surface area contributed by atoms with Gasteiger partial charge in [-0.15, -0.1) is 0 Å². The molecular weight excluding hydrogens is 692 g/mol. The molecule has 2 amide bonds. The highest BCUT2D eigenvalue weighted by atomic mass is 16.6. The highest BCUT2D eigenvalue weighted by Gasteiger charge is 2.50. The minimum Gasteiger partial charge on any atom is -0.495 e. The number of anilines is 3. The second-order valence-electron chi connectivity index (χ2n) is 12.5. The molecule has 2 aromatic carbocycles. The van der Waals surface area contributed by atoms with Crippen LogP contribution >= 0.6 is 0 Å². The van der Waals surface area contributed by atoms with Crippen molar-refractivity contribution in [2.45, 2.75) is 0 Å². The Hall–Kier alpha value is -2.47. The smallest absolute Gasteiger partial charge is 0.411 e. The number of carbonyl (C=O) groups excluding carboxylic acids is 2. The van der Waals surface area contributed by atoms with Crippen LogP contribution in [0.5, 0.6) is 11.5 Å². The molecule has 0 aliphatic rings. The molecule has 29 radical (unpaired) electrons. The van der Waals surface area contributed by atoms with E-state index in [2.05, 4.69) is 20.1 Å². The second-order valence-corrected chi connectivity index (χ2v) is 12.5. The predicted octanol–water partition coefficient (Wildman–Crippen LogP) is -7.04. The van der Waals surface area contributed by atoms with E-state index in [4.69, 9.17) is 124 Å². The van der Waals surface area contributed by atoms with Gasteiger partial charge in [-0.2, -0.15) is 0 Å². The van der Waals surface area contributed by atoms with Gasteiger partial charge in [0.25, 0.3) is 5.69 Å². The summed E-state index contributed by atoms with van der Waals surface area (Å²) in [5, 5.41) is 15.3. The molecule has 39 heteroatoms. The molecule has 57 heavy (non-hydrogen) atoms. The summed E-state index contributed by atoms with van der Waals surface area (Å²) in [6.07, 6.45) is -11.8. The number of nitrogens with one attached hydrogen (secondary N) is 2. The van der Waals surface area contributed by atoms with E-state index < -0.39 is 93.7 Å². The Balaban J connectivity index is 0.000000886. The first kappa shape index (κ1) is 54.5. The Morgan fingerprint density at radius 2 is 0.965 bits per heavy atom. The average molecular weight is 714 g/mol. The van der Waals surface area contributed by atoms with E-state index in [9.17, 15) is 19.7 Å². The Labute approximate surface area is 361 Å². The maximum Gasteiger partial charge on any atom is 0.411 e. The number of nitrogen functional groups attached to an aromatic ring is 1. The van der Waals surface area contributed by atoms with Gasteiger partial charge in [-0.1, -0.05) is 0 Å².